The van der Waals surface area contributed by atoms with Gasteiger partial charge in [0.1, 0.15) is 12.1 Å². The third-order valence-corrected chi connectivity index (χ3v) is 2.42. The van der Waals surface area contributed by atoms with Crippen LogP contribution < -0.4 is 5.32 Å². The maximum absolute atomic E-state index is 12.9. The largest absolute Gasteiger partial charge is 0.364 e. The van der Waals surface area contributed by atoms with E-state index >= 15 is 0 Å². The fraction of sp³-hybridized carbons (Fsp3) is 0.250. The molecule has 0 unspecified atom stereocenters. The Morgan fingerprint density at radius 2 is 2.19 bits per heavy atom. The molecule has 1 heterocycles. The zero-order chi connectivity index (χ0) is 11.4. The Kier molecular flexibility index (Phi) is 3.31. The molecule has 1 aromatic carbocycles. The van der Waals surface area contributed by atoms with Gasteiger partial charge in [-0.25, -0.2) is 4.39 Å². The standard InChI is InChI=1S/C12H13FN2O/c1-9-6-11(13)3-2-10(9)7-14-8-12-4-5-16-15-12/h2-6,14H,7-8H2,1H3. The van der Waals surface area contributed by atoms with Gasteiger partial charge < -0.3 is 9.84 Å². The van der Waals surface area contributed by atoms with Gasteiger partial charge in [0.05, 0.1) is 5.69 Å². The number of benzene rings is 1. The second kappa shape index (κ2) is 4.90. The van der Waals surface area contributed by atoms with Gasteiger partial charge in [-0.1, -0.05) is 11.2 Å². The predicted molar refractivity (Wildman–Crippen MR) is 58.2 cm³/mol. The van der Waals surface area contributed by atoms with Crippen molar-refractivity contribution in [1.82, 2.24) is 10.5 Å². The van der Waals surface area contributed by atoms with E-state index in [1.165, 1.54) is 12.1 Å². The van der Waals surface area contributed by atoms with E-state index in [1.54, 1.807) is 12.3 Å². The first-order chi connectivity index (χ1) is 7.75. The number of rotatable bonds is 4. The van der Waals surface area contributed by atoms with Crippen molar-refractivity contribution in [1.29, 1.82) is 0 Å². The number of aromatic nitrogens is 1. The number of aryl methyl sites for hydroxylation is 1. The molecular formula is C12H13FN2O. The molecule has 0 bridgehead atoms. The number of nitrogens with zero attached hydrogens (tertiary/aromatic N) is 1. The van der Waals surface area contributed by atoms with E-state index in [0.29, 0.717) is 13.1 Å². The van der Waals surface area contributed by atoms with Crippen LogP contribution in [0.3, 0.4) is 0 Å². The highest BCUT2D eigenvalue weighted by molar-refractivity contribution is 5.26. The first-order valence-electron chi connectivity index (χ1n) is 5.11. The summed E-state index contributed by atoms with van der Waals surface area (Å²) in [5.41, 5.74) is 2.90. The predicted octanol–water partition coefficient (Wildman–Crippen LogP) is 2.41. The first-order valence-corrected chi connectivity index (χ1v) is 5.11. The molecule has 3 nitrogen and oxygen atoms in total. The molecule has 0 saturated heterocycles. The molecule has 4 heteroatoms. The lowest BCUT2D eigenvalue weighted by molar-refractivity contribution is 0.408. The molecule has 1 N–H and O–H groups in total. The van der Waals surface area contributed by atoms with Crippen molar-refractivity contribution in [2.75, 3.05) is 0 Å². The Balaban J connectivity index is 1.90. The monoisotopic (exact) mass is 220 g/mol. The molecule has 0 aliphatic rings. The van der Waals surface area contributed by atoms with E-state index in [1.807, 2.05) is 13.0 Å². The highest BCUT2D eigenvalue weighted by Gasteiger charge is 2.00. The zero-order valence-corrected chi connectivity index (χ0v) is 9.03. The van der Waals surface area contributed by atoms with Crippen molar-refractivity contribution in [3.05, 3.63) is 53.2 Å². The van der Waals surface area contributed by atoms with Crippen LogP contribution in [0.5, 0.6) is 0 Å². The van der Waals surface area contributed by atoms with Crippen molar-refractivity contribution < 1.29 is 8.91 Å². The van der Waals surface area contributed by atoms with Crippen LogP contribution in [-0.2, 0) is 13.1 Å². The minimum absolute atomic E-state index is 0.197. The Bertz CT molecular complexity index is 454. The molecule has 2 aromatic rings. The summed E-state index contributed by atoms with van der Waals surface area (Å²) in [7, 11) is 0. The summed E-state index contributed by atoms with van der Waals surface area (Å²) in [4.78, 5) is 0. The van der Waals surface area contributed by atoms with E-state index in [-0.39, 0.29) is 5.82 Å². The maximum atomic E-state index is 12.9. The summed E-state index contributed by atoms with van der Waals surface area (Å²) < 4.78 is 17.6. The third kappa shape index (κ3) is 2.67. The Hall–Kier alpha value is -1.68. The van der Waals surface area contributed by atoms with Gasteiger partial charge in [-0.3, -0.25) is 0 Å². The van der Waals surface area contributed by atoms with Gasteiger partial charge in [0.25, 0.3) is 0 Å². The molecule has 1 aromatic heterocycles. The average molecular weight is 220 g/mol. The molecule has 0 radical (unpaired) electrons. The molecule has 0 fully saturated rings. The Labute approximate surface area is 93.3 Å². The highest BCUT2D eigenvalue weighted by atomic mass is 19.1. The van der Waals surface area contributed by atoms with Crippen LogP contribution in [-0.4, -0.2) is 5.16 Å². The minimum atomic E-state index is -0.197. The van der Waals surface area contributed by atoms with Crippen LogP contribution in [0.2, 0.25) is 0 Å². The van der Waals surface area contributed by atoms with Crippen molar-refractivity contribution in [3.63, 3.8) is 0 Å². The quantitative estimate of drug-likeness (QED) is 0.859. The second-order valence-electron chi connectivity index (χ2n) is 3.67. The molecule has 84 valence electrons. The smallest absolute Gasteiger partial charge is 0.124 e. The van der Waals surface area contributed by atoms with Gasteiger partial charge in [-0.15, -0.1) is 0 Å². The number of hydrogen-bond acceptors (Lipinski definition) is 3. The van der Waals surface area contributed by atoms with Crippen LogP contribution >= 0.6 is 0 Å². The highest BCUT2D eigenvalue weighted by Crippen LogP contribution is 2.09. The van der Waals surface area contributed by atoms with Crippen molar-refractivity contribution in [3.8, 4) is 0 Å². The van der Waals surface area contributed by atoms with Gasteiger partial charge >= 0.3 is 0 Å². The van der Waals surface area contributed by atoms with Gasteiger partial charge in [-0.05, 0) is 30.2 Å². The lowest BCUT2D eigenvalue weighted by atomic mass is 10.1. The van der Waals surface area contributed by atoms with Crippen molar-refractivity contribution >= 4 is 0 Å². The fourth-order valence-electron chi connectivity index (χ4n) is 1.51. The van der Waals surface area contributed by atoms with E-state index in [0.717, 1.165) is 16.8 Å². The third-order valence-electron chi connectivity index (χ3n) is 2.42. The normalized spacial score (nSPS) is 10.6. The molecule has 16 heavy (non-hydrogen) atoms. The lowest BCUT2D eigenvalue weighted by Gasteiger charge is -2.06. The van der Waals surface area contributed by atoms with Crippen molar-refractivity contribution in [2.45, 2.75) is 20.0 Å². The molecule has 0 saturated carbocycles. The fourth-order valence-corrected chi connectivity index (χ4v) is 1.51. The summed E-state index contributed by atoms with van der Waals surface area (Å²) in [6.45, 7) is 3.24. The second-order valence-corrected chi connectivity index (χ2v) is 3.67. The van der Waals surface area contributed by atoms with E-state index < -0.39 is 0 Å². The molecule has 2 rings (SSSR count). The maximum Gasteiger partial charge on any atom is 0.124 e. The lowest BCUT2D eigenvalue weighted by Crippen LogP contribution is -2.13. The topological polar surface area (TPSA) is 38.1 Å². The molecule has 0 aliphatic carbocycles. The number of halogens is 1. The molecular weight excluding hydrogens is 207 g/mol. The van der Waals surface area contributed by atoms with Crippen LogP contribution in [0, 0.1) is 12.7 Å². The Morgan fingerprint density at radius 3 is 2.88 bits per heavy atom. The van der Waals surface area contributed by atoms with Gasteiger partial charge in [0.2, 0.25) is 0 Å². The van der Waals surface area contributed by atoms with Crippen LogP contribution in [0.15, 0.2) is 35.1 Å². The average Bonchev–Trinajstić information content (AvgIpc) is 2.74. The molecule has 0 aliphatic heterocycles. The van der Waals surface area contributed by atoms with E-state index in [4.69, 9.17) is 4.52 Å². The van der Waals surface area contributed by atoms with Gasteiger partial charge in [0, 0.05) is 19.2 Å². The summed E-state index contributed by atoms with van der Waals surface area (Å²) in [6.07, 6.45) is 1.54. The molecule has 0 amide bonds. The summed E-state index contributed by atoms with van der Waals surface area (Å²) >= 11 is 0. The Morgan fingerprint density at radius 1 is 1.31 bits per heavy atom. The van der Waals surface area contributed by atoms with Crippen molar-refractivity contribution in [2.24, 2.45) is 0 Å². The summed E-state index contributed by atoms with van der Waals surface area (Å²) in [6, 6.07) is 6.61. The minimum Gasteiger partial charge on any atom is -0.364 e. The summed E-state index contributed by atoms with van der Waals surface area (Å²) in [5, 5.41) is 7.01. The first kappa shape index (κ1) is 10.8. The molecule has 0 spiro atoms. The van der Waals surface area contributed by atoms with E-state index in [9.17, 15) is 4.39 Å². The summed E-state index contributed by atoms with van der Waals surface area (Å²) in [5.74, 6) is -0.197. The van der Waals surface area contributed by atoms with Crippen LogP contribution in [0.25, 0.3) is 0 Å². The van der Waals surface area contributed by atoms with Crippen LogP contribution in [0.4, 0.5) is 4.39 Å². The molecule has 0 atom stereocenters. The van der Waals surface area contributed by atoms with Crippen LogP contribution in [0.1, 0.15) is 16.8 Å². The SMILES string of the molecule is Cc1cc(F)ccc1CNCc1ccon1. The number of hydrogen-bond donors (Lipinski definition) is 1. The number of nitrogens with one attached hydrogen (secondary N) is 1. The van der Waals surface area contributed by atoms with E-state index in [2.05, 4.69) is 10.5 Å². The zero-order valence-electron chi connectivity index (χ0n) is 9.03. The van der Waals surface area contributed by atoms with Gasteiger partial charge in [0.15, 0.2) is 0 Å². The van der Waals surface area contributed by atoms with Gasteiger partial charge in [-0.2, -0.15) is 0 Å².